The van der Waals surface area contributed by atoms with E-state index in [4.69, 9.17) is 9.47 Å². The zero-order chi connectivity index (χ0) is 12.4. The fraction of sp³-hybridized carbons (Fsp3) is 0.818. The molecule has 0 spiro atoms. The number of hydrogen-bond acceptors (Lipinski definition) is 5. The lowest BCUT2D eigenvalue weighted by Gasteiger charge is -2.14. The summed E-state index contributed by atoms with van der Waals surface area (Å²) in [5.41, 5.74) is 0. The van der Waals surface area contributed by atoms with Gasteiger partial charge in [0.05, 0.1) is 19.1 Å². The van der Waals surface area contributed by atoms with Crippen LogP contribution in [-0.2, 0) is 19.0 Å². The van der Waals surface area contributed by atoms with Crippen molar-refractivity contribution in [2.24, 2.45) is 5.92 Å². The predicted molar refractivity (Wildman–Crippen MR) is 58.0 cm³/mol. The molecule has 0 aromatic rings. The van der Waals surface area contributed by atoms with Crippen LogP contribution in [0.2, 0.25) is 0 Å². The predicted octanol–water partition coefficient (Wildman–Crippen LogP) is 2.14. The average Bonchev–Trinajstić information content (AvgIpc) is 2.24. The van der Waals surface area contributed by atoms with E-state index in [1.165, 1.54) is 0 Å². The largest absolute Gasteiger partial charge is 0.508 e. The quantitative estimate of drug-likeness (QED) is 0.629. The van der Waals surface area contributed by atoms with Gasteiger partial charge in [-0.05, 0) is 20.3 Å². The Morgan fingerprint density at radius 3 is 2.12 bits per heavy atom. The molecule has 0 rings (SSSR count). The van der Waals surface area contributed by atoms with Gasteiger partial charge in [0.15, 0.2) is 0 Å². The van der Waals surface area contributed by atoms with Crippen LogP contribution in [0.25, 0.3) is 0 Å². The number of hydrogen-bond donors (Lipinski definition) is 0. The van der Waals surface area contributed by atoms with Gasteiger partial charge in [-0.2, -0.15) is 0 Å². The summed E-state index contributed by atoms with van der Waals surface area (Å²) in [4.78, 5) is 22.4. The van der Waals surface area contributed by atoms with Crippen LogP contribution >= 0.6 is 0 Å². The highest BCUT2D eigenvalue weighted by atomic mass is 16.7. The van der Waals surface area contributed by atoms with Crippen LogP contribution < -0.4 is 0 Å². The standard InChI is InChI=1S/C11H20O5/c1-4-7-9(10(12)14-5-2)8-16-11(13)15-6-3/h9H,4-8H2,1-3H3. The molecule has 5 heteroatoms. The molecule has 0 aliphatic heterocycles. The molecule has 0 aromatic heterocycles. The minimum absolute atomic E-state index is 0.0194. The number of esters is 1. The van der Waals surface area contributed by atoms with Gasteiger partial charge in [0.2, 0.25) is 0 Å². The molecule has 1 unspecified atom stereocenters. The highest BCUT2D eigenvalue weighted by molar-refractivity contribution is 5.73. The zero-order valence-corrected chi connectivity index (χ0v) is 10.2. The van der Waals surface area contributed by atoms with E-state index in [0.29, 0.717) is 13.0 Å². The van der Waals surface area contributed by atoms with Gasteiger partial charge in [-0.3, -0.25) is 4.79 Å². The molecule has 5 nitrogen and oxygen atoms in total. The van der Waals surface area contributed by atoms with Crippen molar-refractivity contribution < 1.29 is 23.8 Å². The average molecular weight is 232 g/mol. The second-order valence-electron chi connectivity index (χ2n) is 3.23. The van der Waals surface area contributed by atoms with Crippen molar-refractivity contribution >= 4 is 12.1 Å². The molecule has 0 saturated heterocycles. The Balaban J connectivity index is 4.02. The maximum absolute atomic E-state index is 11.4. The molecule has 0 N–H and O–H groups in total. The van der Waals surface area contributed by atoms with Crippen LogP contribution in [0.5, 0.6) is 0 Å². The maximum atomic E-state index is 11.4. The van der Waals surface area contributed by atoms with Crippen LogP contribution in [0.4, 0.5) is 4.79 Å². The molecule has 1 atom stereocenters. The second kappa shape index (κ2) is 9.00. The van der Waals surface area contributed by atoms with E-state index in [9.17, 15) is 9.59 Å². The lowest BCUT2D eigenvalue weighted by atomic mass is 10.1. The van der Waals surface area contributed by atoms with E-state index >= 15 is 0 Å². The summed E-state index contributed by atoms with van der Waals surface area (Å²) in [6, 6.07) is 0. The third-order valence-electron chi connectivity index (χ3n) is 1.92. The van der Waals surface area contributed by atoms with Crippen molar-refractivity contribution in [3.05, 3.63) is 0 Å². The second-order valence-corrected chi connectivity index (χ2v) is 3.23. The fourth-order valence-electron chi connectivity index (χ4n) is 1.21. The molecule has 0 amide bonds. The number of carbonyl (C=O) groups is 2. The number of ether oxygens (including phenoxy) is 3. The first-order valence-electron chi connectivity index (χ1n) is 5.61. The van der Waals surface area contributed by atoms with E-state index < -0.39 is 12.1 Å². The molecular formula is C11H20O5. The van der Waals surface area contributed by atoms with Crippen molar-refractivity contribution in [1.82, 2.24) is 0 Å². The highest BCUT2D eigenvalue weighted by Gasteiger charge is 2.21. The lowest BCUT2D eigenvalue weighted by molar-refractivity contribution is -0.149. The Hall–Kier alpha value is -1.26. The Morgan fingerprint density at radius 2 is 1.62 bits per heavy atom. The van der Waals surface area contributed by atoms with Gasteiger partial charge in [0.1, 0.15) is 6.61 Å². The topological polar surface area (TPSA) is 61.8 Å². The molecule has 0 bridgehead atoms. The first-order valence-corrected chi connectivity index (χ1v) is 5.61. The highest BCUT2D eigenvalue weighted by Crippen LogP contribution is 2.10. The van der Waals surface area contributed by atoms with Crippen LogP contribution in [0.15, 0.2) is 0 Å². The molecular weight excluding hydrogens is 212 g/mol. The SMILES string of the molecule is CCCC(COC(=O)OCC)C(=O)OCC. The van der Waals surface area contributed by atoms with Gasteiger partial charge in [-0.1, -0.05) is 13.3 Å². The van der Waals surface area contributed by atoms with Crippen molar-refractivity contribution in [2.45, 2.75) is 33.6 Å². The van der Waals surface area contributed by atoms with E-state index in [1.54, 1.807) is 13.8 Å². The monoisotopic (exact) mass is 232 g/mol. The van der Waals surface area contributed by atoms with Gasteiger partial charge >= 0.3 is 12.1 Å². The molecule has 0 radical (unpaired) electrons. The molecule has 94 valence electrons. The number of carbonyl (C=O) groups excluding carboxylic acids is 2. The minimum Gasteiger partial charge on any atom is -0.466 e. The smallest absolute Gasteiger partial charge is 0.466 e. The lowest BCUT2D eigenvalue weighted by Crippen LogP contribution is -2.24. The summed E-state index contributed by atoms with van der Waals surface area (Å²) in [7, 11) is 0. The first kappa shape index (κ1) is 14.7. The van der Waals surface area contributed by atoms with Crippen molar-refractivity contribution in [3.63, 3.8) is 0 Å². The van der Waals surface area contributed by atoms with Crippen LogP contribution in [0, 0.1) is 5.92 Å². The molecule has 16 heavy (non-hydrogen) atoms. The molecule has 0 aliphatic carbocycles. The van der Waals surface area contributed by atoms with E-state index in [-0.39, 0.29) is 19.2 Å². The van der Waals surface area contributed by atoms with E-state index in [2.05, 4.69) is 4.74 Å². The normalized spacial score (nSPS) is 11.7. The summed E-state index contributed by atoms with van der Waals surface area (Å²) < 4.78 is 14.3. The van der Waals surface area contributed by atoms with Crippen molar-refractivity contribution in [2.75, 3.05) is 19.8 Å². The molecule has 0 aromatic carbocycles. The van der Waals surface area contributed by atoms with Crippen molar-refractivity contribution in [1.29, 1.82) is 0 Å². The fourth-order valence-corrected chi connectivity index (χ4v) is 1.21. The third-order valence-corrected chi connectivity index (χ3v) is 1.92. The van der Waals surface area contributed by atoms with Crippen molar-refractivity contribution in [3.8, 4) is 0 Å². The van der Waals surface area contributed by atoms with Crippen LogP contribution in [0.3, 0.4) is 0 Å². The Bertz CT molecular complexity index is 214. The first-order chi connectivity index (χ1) is 7.65. The number of rotatable bonds is 7. The third kappa shape index (κ3) is 6.27. The summed E-state index contributed by atoms with van der Waals surface area (Å²) >= 11 is 0. The summed E-state index contributed by atoms with van der Waals surface area (Å²) in [5.74, 6) is -0.719. The van der Waals surface area contributed by atoms with Gasteiger partial charge in [0, 0.05) is 0 Å². The summed E-state index contributed by atoms with van der Waals surface area (Å²) in [5, 5.41) is 0. The van der Waals surface area contributed by atoms with Gasteiger partial charge in [-0.25, -0.2) is 4.79 Å². The summed E-state index contributed by atoms with van der Waals surface area (Å²) in [6.45, 7) is 6.00. The van der Waals surface area contributed by atoms with Gasteiger partial charge in [-0.15, -0.1) is 0 Å². The van der Waals surface area contributed by atoms with E-state index in [0.717, 1.165) is 6.42 Å². The minimum atomic E-state index is -0.743. The Morgan fingerprint density at radius 1 is 1.00 bits per heavy atom. The molecule has 0 aliphatic rings. The van der Waals surface area contributed by atoms with E-state index in [1.807, 2.05) is 6.92 Å². The van der Waals surface area contributed by atoms with Crippen LogP contribution in [-0.4, -0.2) is 31.9 Å². The molecule has 0 heterocycles. The summed E-state index contributed by atoms with van der Waals surface area (Å²) in [6.07, 6.45) is 0.723. The zero-order valence-electron chi connectivity index (χ0n) is 10.2. The maximum Gasteiger partial charge on any atom is 0.508 e. The van der Waals surface area contributed by atoms with Gasteiger partial charge in [0.25, 0.3) is 0 Å². The Kier molecular flexibility index (Phi) is 8.29. The van der Waals surface area contributed by atoms with Gasteiger partial charge < -0.3 is 14.2 Å². The Labute approximate surface area is 96.1 Å². The molecule has 0 fully saturated rings. The van der Waals surface area contributed by atoms with Crippen LogP contribution in [0.1, 0.15) is 33.6 Å². The molecule has 0 saturated carbocycles.